The average molecular weight is 965 g/mol. The summed E-state index contributed by atoms with van der Waals surface area (Å²) in [4.78, 5) is 129. The Morgan fingerprint density at radius 3 is 1.98 bits per heavy atom. The second-order valence-electron chi connectivity index (χ2n) is 14.1. The number of esters is 7. The van der Waals surface area contributed by atoms with E-state index in [4.69, 9.17) is 56.2 Å². The lowest BCUT2D eigenvalue weighted by atomic mass is 9.86. The zero-order chi connectivity index (χ0) is 49.6. The largest absolute Gasteiger partial charge is 0.465 e. The molecule has 1 unspecified atom stereocenters. The number of ether oxygens (including phenoxy) is 9. The Kier molecular flexibility index (Phi) is 20.2. The molecule has 0 spiro atoms. The van der Waals surface area contributed by atoms with E-state index in [2.05, 4.69) is 22.2 Å². The van der Waals surface area contributed by atoms with Gasteiger partial charge in [0.2, 0.25) is 18.0 Å². The van der Waals surface area contributed by atoms with Crippen LogP contribution in [0.4, 0.5) is 10.2 Å². The van der Waals surface area contributed by atoms with Crippen molar-refractivity contribution in [2.75, 3.05) is 32.2 Å². The molecular weight excluding hydrogens is 914 g/mol. The van der Waals surface area contributed by atoms with Gasteiger partial charge in [-0.15, -0.1) is 6.58 Å². The molecule has 2 aliphatic rings. The Balaban J connectivity index is 2.22. The Morgan fingerprint density at radius 2 is 1.47 bits per heavy atom. The maximum atomic E-state index is 17.5. The molecule has 2 aliphatic heterocycles. The van der Waals surface area contributed by atoms with Gasteiger partial charge < -0.3 is 62.3 Å². The minimum Gasteiger partial charge on any atom is -0.465 e. The summed E-state index contributed by atoms with van der Waals surface area (Å²) in [5, 5.41) is 4.65. The van der Waals surface area contributed by atoms with Gasteiger partial charge in [-0.05, 0) is 6.07 Å². The number of hydrogen-bond donors (Lipinski definition) is 2. The number of nitrogens with one attached hydrogen (secondary N) is 2. The highest BCUT2D eigenvalue weighted by Gasteiger charge is 2.67. The van der Waals surface area contributed by atoms with Crippen LogP contribution in [0.25, 0.3) is 0 Å². The van der Waals surface area contributed by atoms with Crippen LogP contribution in [0.5, 0.6) is 0 Å². The summed E-state index contributed by atoms with van der Waals surface area (Å²) >= 11 is 0. The summed E-state index contributed by atoms with van der Waals surface area (Å²) in [6.45, 7) is 9.17. The van der Waals surface area contributed by atoms with Gasteiger partial charge in [0, 0.05) is 61.6 Å². The number of nitrogens with zero attached hydrogens (tertiary/aromatic N) is 2. The molecular formula is C38H50FN4O22P. The van der Waals surface area contributed by atoms with Crippen molar-refractivity contribution in [2.45, 2.75) is 122 Å². The van der Waals surface area contributed by atoms with Gasteiger partial charge in [0.25, 0.3) is 0 Å². The highest BCUT2D eigenvalue weighted by atomic mass is 31.2. The highest BCUT2D eigenvalue weighted by Crippen LogP contribution is 2.51. The molecule has 1 aromatic heterocycles. The Bertz CT molecular complexity index is 2060. The monoisotopic (exact) mass is 964 g/mol. The summed E-state index contributed by atoms with van der Waals surface area (Å²) < 4.78 is 84.8. The summed E-state index contributed by atoms with van der Waals surface area (Å²) in [5.41, 5.74) is -1.03. The van der Waals surface area contributed by atoms with Gasteiger partial charge in [-0.3, -0.25) is 47.4 Å². The zero-order valence-electron chi connectivity index (χ0n) is 37.0. The number of anilines is 1. The molecule has 66 heavy (non-hydrogen) atoms. The number of alkyl halides is 1. The molecule has 3 rings (SSSR count). The number of methoxy groups -OCH3 is 1. The maximum absolute atomic E-state index is 17.5. The van der Waals surface area contributed by atoms with Crippen molar-refractivity contribution in [3.05, 3.63) is 35.4 Å². The number of rotatable bonds is 21. The van der Waals surface area contributed by atoms with E-state index in [-0.39, 0.29) is 5.82 Å². The van der Waals surface area contributed by atoms with E-state index < -0.39 is 155 Å². The minimum atomic E-state index is -3.51. The molecule has 0 aliphatic carbocycles. The Labute approximate surface area is 376 Å². The van der Waals surface area contributed by atoms with Crippen LogP contribution in [0, 0.1) is 0 Å². The summed E-state index contributed by atoms with van der Waals surface area (Å²) in [7, 11) is -2.46. The lowest BCUT2D eigenvalue weighted by Crippen LogP contribution is -2.74. The van der Waals surface area contributed by atoms with Crippen molar-refractivity contribution in [3.63, 3.8) is 0 Å². The predicted octanol–water partition coefficient (Wildman–Crippen LogP) is -0.106. The average Bonchev–Trinajstić information content (AvgIpc) is 3.52. The first-order valence-electron chi connectivity index (χ1n) is 19.5. The topological polar surface area (TPSA) is 323 Å². The molecule has 3 heterocycles. The van der Waals surface area contributed by atoms with Crippen molar-refractivity contribution in [1.29, 1.82) is 0 Å². The highest BCUT2D eigenvalue weighted by molar-refractivity contribution is 7.41. The fourth-order valence-electron chi connectivity index (χ4n) is 6.51. The Morgan fingerprint density at radius 1 is 0.864 bits per heavy atom. The molecule has 12 atom stereocenters. The molecule has 2 amide bonds. The van der Waals surface area contributed by atoms with E-state index in [0.717, 1.165) is 66.3 Å². The van der Waals surface area contributed by atoms with Crippen molar-refractivity contribution >= 4 is 68.0 Å². The van der Waals surface area contributed by atoms with E-state index in [1.807, 2.05) is 0 Å². The molecule has 0 radical (unpaired) electrons. The fraction of sp³-hybridized carbons (Fsp3) is 0.605. The molecule has 2 saturated heterocycles. The molecule has 2 fully saturated rings. The van der Waals surface area contributed by atoms with Crippen LogP contribution in [0.15, 0.2) is 29.7 Å². The van der Waals surface area contributed by atoms with Crippen LogP contribution in [0.3, 0.4) is 0 Å². The van der Waals surface area contributed by atoms with Crippen LogP contribution in [-0.2, 0) is 99.4 Å². The summed E-state index contributed by atoms with van der Waals surface area (Å²) in [6.07, 6.45) is -15.4. The van der Waals surface area contributed by atoms with E-state index >= 15 is 4.39 Å². The van der Waals surface area contributed by atoms with Gasteiger partial charge in [0.1, 0.15) is 24.6 Å². The molecule has 1 aromatic rings. The van der Waals surface area contributed by atoms with Gasteiger partial charge in [-0.1, -0.05) is 6.08 Å². The van der Waals surface area contributed by atoms with Gasteiger partial charge in [-0.2, -0.15) is 4.98 Å². The quantitative estimate of drug-likeness (QED) is 0.0703. The lowest BCUT2D eigenvalue weighted by molar-refractivity contribution is -0.315. The van der Waals surface area contributed by atoms with Crippen LogP contribution < -0.4 is 16.3 Å². The maximum Gasteiger partial charge on any atom is 0.370 e. The van der Waals surface area contributed by atoms with Crippen LogP contribution in [0.1, 0.15) is 61.6 Å². The van der Waals surface area contributed by atoms with E-state index in [1.165, 1.54) is 19.1 Å². The third-order valence-electron chi connectivity index (χ3n) is 8.72. The number of halogens is 1. The number of carbonyl (C=O) groups is 9. The first-order chi connectivity index (χ1) is 30.9. The minimum absolute atomic E-state index is 0.146. The second-order valence-corrected chi connectivity index (χ2v) is 15.2. The van der Waals surface area contributed by atoms with Crippen molar-refractivity contribution < 1.29 is 104 Å². The third kappa shape index (κ3) is 14.8. The first kappa shape index (κ1) is 54.3. The standard InChI is InChI=1S/C38H50FN4O22P/c1-11-14-56-66(57-16-26-30(60-22(7)49)33(62-24(9)51)35(63-26)43-13-12-27(40-17(2)44)42-37(43)53)65-38(36(52)54-10)34(39)32(61-23(8)50)28(41-18(3)45)31(64-38)29(59-21(6)48)25(58-20(5)47)15-55-19(4)46/h11-13,25-26,28-35H,1,14-16H2,2-10H3,(H,41,45)(H,40,42,44,53)/t25-,26-,28+,29-,30-,31-,32-,33-,34-,35-,38-,66?/m1/s1. The van der Waals surface area contributed by atoms with Crippen molar-refractivity contribution in [2.24, 2.45) is 0 Å². The van der Waals surface area contributed by atoms with Gasteiger partial charge in [-0.25, -0.2) is 14.0 Å². The van der Waals surface area contributed by atoms with Crippen molar-refractivity contribution in [3.8, 4) is 0 Å². The number of hydrogen-bond acceptors (Lipinski definition) is 23. The van der Waals surface area contributed by atoms with Crippen molar-refractivity contribution in [1.82, 2.24) is 14.9 Å². The molecule has 366 valence electrons. The lowest BCUT2D eigenvalue weighted by Gasteiger charge is -2.50. The van der Waals surface area contributed by atoms with E-state index in [1.54, 1.807) is 0 Å². The van der Waals surface area contributed by atoms with E-state index in [0.29, 0.717) is 0 Å². The summed E-state index contributed by atoms with van der Waals surface area (Å²) in [5.74, 6) is -13.0. The Hall–Kier alpha value is -5.99. The van der Waals surface area contributed by atoms with Crippen LogP contribution in [0.2, 0.25) is 0 Å². The normalized spacial score (nSPS) is 25.9. The number of carbonyl (C=O) groups excluding carboxylic acids is 9. The first-order valence-corrected chi connectivity index (χ1v) is 20.6. The SMILES string of the molecule is C=CCOP(OC[C@H]1O[C@@H](n2ccc(NC(C)=O)nc2=O)[C@H](OC(C)=O)[C@@H]1OC(C)=O)O[C@]1(C(=O)OC)O[C@@H]([C@H](OC(C)=O)[C@@H](COC(C)=O)OC(C)=O)[C@H](NC(C)=O)[C@@H](OC(C)=O)[C@H]1F. The molecule has 28 heteroatoms. The smallest absolute Gasteiger partial charge is 0.370 e. The fourth-order valence-corrected chi connectivity index (χ4v) is 7.63. The van der Waals surface area contributed by atoms with E-state index in [9.17, 15) is 47.9 Å². The van der Waals surface area contributed by atoms with Crippen LogP contribution >= 0.6 is 8.60 Å². The molecule has 0 aromatic carbocycles. The molecule has 26 nitrogen and oxygen atoms in total. The van der Waals surface area contributed by atoms with Gasteiger partial charge in [0.05, 0.1) is 26.4 Å². The zero-order valence-corrected chi connectivity index (χ0v) is 37.9. The molecule has 0 bridgehead atoms. The van der Waals surface area contributed by atoms with Gasteiger partial charge >= 0.3 is 61.9 Å². The second kappa shape index (κ2) is 24.5. The molecule has 2 N–H and O–H groups in total. The third-order valence-corrected chi connectivity index (χ3v) is 9.86. The van der Waals surface area contributed by atoms with Crippen LogP contribution in [-0.4, -0.2) is 151 Å². The predicted molar refractivity (Wildman–Crippen MR) is 213 cm³/mol. The number of amides is 2. The number of aromatic nitrogens is 2. The van der Waals surface area contributed by atoms with Gasteiger partial charge in [0.15, 0.2) is 36.7 Å². The summed E-state index contributed by atoms with van der Waals surface area (Å²) in [6, 6.07) is -0.716. The molecule has 0 saturated carbocycles.